The number of esters is 1. The standard InChI is InChI=1S/C15H16N4O5/c1-2-16-12(20)7-17-13(21)8-23-15(22)11-5-3-10(4-6-11)14-19-18-9-24-14/h3-6,9H,2,7-8H2,1H3,(H,16,20)(H,17,21). The van der Waals surface area contributed by atoms with E-state index in [9.17, 15) is 14.4 Å². The van der Waals surface area contributed by atoms with E-state index in [0.717, 1.165) is 0 Å². The van der Waals surface area contributed by atoms with E-state index in [4.69, 9.17) is 9.15 Å². The highest BCUT2D eigenvalue weighted by Gasteiger charge is 2.12. The fraction of sp³-hybridized carbons (Fsp3) is 0.267. The maximum atomic E-state index is 11.9. The fourth-order valence-corrected chi connectivity index (χ4v) is 1.75. The van der Waals surface area contributed by atoms with Crippen LogP contribution in [0.2, 0.25) is 0 Å². The molecule has 24 heavy (non-hydrogen) atoms. The van der Waals surface area contributed by atoms with Gasteiger partial charge in [-0.25, -0.2) is 4.79 Å². The molecule has 2 rings (SSSR count). The van der Waals surface area contributed by atoms with Crippen LogP contribution in [0.1, 0.15) is 17.3 Å². The maximum Gasteiger partial charge on any atom is 0.338 e. The number of ether oxygens (including phenoxy) is 1. The zero-order valence-electron chi connectivity index (χ0n) is 12.9. The molecule has 126 valence electrons. The van der Waals surface area contributed by atoms with Crippen molar-refractivity contribution < 1.29 is 23.5 Å². The van der Waals surface area contributed by atoms with Gasteiger partial charge in [0.05, 0.1) is 12.1 Å². The van der Waals surface area contributed by atoms with Gasteiger partial charge in [-0.15, -0.1) is 10.2 Å². The SMILES string of the molecule is CCNC(=O)CNC(=O)COC(=O)c1ccc(-c2nnco2)cc1. The first-order valence-corrected chi connectivity index (χ1v) is 7.17. The Kier molecular flexibility index (Phi) is 6.01. The summed E-state index contributed by atoms with van der Waals surface area (Å²) in [5.41, 5.74) is 0.929. The van der Waals surface area contributed by atoms with Gasteiger partial charge in [-0.1, -0.05) is 0 Å². The molecule has 0 unspecified atom stereocenters. The molecule has 2 amide bonds. The minimum atomic E-state index is -0.653. The number of amides is 2. The van der Waals surface area contributed by atoms with Crippen molar-refractivity contribution in [2.75, 3.05) is 19.7 Å². The Bertz CT molecular complexity index is 697. The Hall–Kier alpha value is -3.23. The summed E-state index contributed by atoms with van der Waals surface area (Å²) in [6, 6.07) is 6.29. The molecule has 0 fully saturated rings. The highest BCUT2D eigenvalue weighted by Crippen LogP contribution is 2.16. The highest BCUT2D eigenvalue weighted by molar-refractivity contribution is 5.92. The van der Waals surface area contributed by atoms with Crippen molar-refractivity contribution in [2.24, 2.45) is 0 Å². The molecule has 1 aromatic heterocycles. The lowest BCUT2D eigenvalue weighted by atomic mass is 10.1. The Morgan fingerprint density at radius 1 is 1.12 bits per heavy atom. The zero-order valence-corrected chi connectivity index (χ0v) is 12.9. The first-order valence-electron chi connectivity index (χ1n) is 7.17. The number of rotatable bonds is 7. The quantitative estimate of drug-likeness (QED) is 0.691. The minimum absolute atomic E-state index is 0.164. The minimum Gasteiger partial charge on any atom is -0.452 e. The van der Waals surface area contributed by atoms with E-state index in [1.165, 1.54) is 18.5 Å². The van der Waals surface area contributed by atoms with Crippen LogP contribution in [0.25, 0.3) is 11.5 Å². The molecular formula is C15H16N4O5. The first-order chi connectivity index (χ1) is 11.6. The van der Waals surface area contributed by atoms with Gasteiger partial charge in [-0.3, -0.25) is 9.59 Å². The number of likely N-dealkylation sites (N-methyl/N-ethyl adjacent to an activating group) is 1. The number of aromatic nitrogens is 2. The molecular weight excluding hydrogens is 316 g/mol. The van der Waals surface area contributed by atoms with Crippen LogP contribution in [-0.2, 0) is 14.3 Å². The molecule has 0 aliphatic rings. The summed E-state index contributed by atoms with van der Waals surface area (Å²) < 4.78 is 9.92. The van der Waals surface area contributed by atoms with Crippen molar-refractivity contribution in [3.05, 3.63) is 36.2 Å². The normalized spacial score (nSPS) is 10.0. The van der Waals surface area contributed by atoms with Crippen molar-refractivity contribution in [1.82, 2.24) is 20.8 Å². The van der Waals surface area contributed by atoms with Crippen molar-refractivity contribution in [3.8, 4) is 11.5 Å². The average molecular weight is 332 g/mol. The van der Waals surface area contributed by atoms with Gasteiger partial charge in [-0.05, 0) is 31.2 Å². The number of benzene rings is 1. The third-order valence-electron chi connectivity index (χ3n) is 2.88. The first kappa shape index (κ1) is 17.1. The van der Waals surface area contributed by atoms with Crippen LogP contribution in [0.3, 0.4) is 0 Å². The largest absolute Gasteiger partial charge is 0.452 e. The van der Waals surface area contributed by atoms with Crippen molar-refractivity contribution in [1.29, 1.82) is 0 Å². The number of carbonyl (C=O) groups excluding carboxylic acids is 3. The number of hydrogen-bond acceptors (Lipinski definition) is 7. The smallest absolute Gasteiger partial charge is 0.338 e. The number of hydrogen-bond donors (Lipinski definition) is 2. The van der Waals surface area contributed by atoms with Gasteiger partial charge in [0.15, 0.2) is 6.61 Å². The Balaban J connectivity index is 1.80. The van der Waals surface area contributed by atoms with Crippen LogP contribution in [0, 0.1) is 0 Å². The predicted octanol–water partition coefficient (Wildman–Crippen LogP) is 0.146. The molecule has 1 heterocycles. The molecule has 9 nitrogen and oxygen atoms in total. The van der Waals surface area contributed by atoms with E-state index < -0.39 is 18.5 Å². The summed E-state index contributed by atoms with van der Waals surface area (Å²) in [6.07, 6.45) is 1.21. The van der Waals surface area contributed by atoms with Crippen LogP contribution >= 0.6 is 0 Å². The van der Waals surface area contributed by atoms with E-state index in [0.29, 0.717) is 18.0 Å². The molecule has 1 aromatic carbocycles. The van der Waals surface area contributed by atoms with Crippen molar-refractivity contribution in [3.63, 3.8) is 0 Å². The molecule has 0 aliphatic heterocycles. The molecule has 0 saturated carbocycles. The van der Waals surface area contributed by atoms with Gasteiger partial charge in [0.25, 0.3) is 5.91 Å². The van der Waals surface area contributed by atoms with Gasteiger partial charge < -0.3 is 19.8 Å². The summed E-state index contributed by atoms with van der Waals surface area (Å²) in [4.78, 5) is 34.5. The topological polar surface area (TPSA) is 123 Å². The second kappa shape index (κ2) is 8.42. The Morgan fingerprint density at radius 3 is 2.50 bits per heavy atom. The fourth-order valence-electron chi connectivity index (χ4n) is 1.75. The predicted molar refractivity (Wildman–Crippen MR) is 81.7 cm³/mol. The summed E-state index contributed by atoms with van der Waals surface area (Å²) >= 11 is 0. The number of nitrogens with zero attached hydrogens (tertiary/aromatic N) is 2. The Morgan fingerprint density at radius 2 is 1.88 bits per heavy atom. The lowest BCUT2D eigenvalue weighted by molar-refractivity contribution is -0.127. The van der Waals surface area contributed by atoms with Gasteiger partial charge >= 0.3 is 5.97 Å². The molecule has 0 aliphatic carbocycles. The zero-order chi connectivity index (χ0) is 17.4. The molecule has 2 N–H and O–H groups in total. The lowest BCUT2D eigenvalue weighted by Gasteiger charge is -2.07. The Labute approximate surface area is 137 Å². The molecule has 0 radical (unpaired) electrons. The van der Waals surface area contributed by atoms with E-state index in [2.05, 4.69) is 20.8 Å². The molecule has 0 atom stereocenters. The van der Waals surface area contributed by atoms with Gasteiger partial charge in [0.1, 0.15) is 0 Å². The molecule has 9 heteroatoms. The second-order valence-corrected chi connectivity index (χ2v) is 4.63. The average Bonchev–Trinajstić information content (AvgIpc) is 3.13. The molecule has 2 aromatic rings. The van der Waals surface area contributed by atoms with Crippen molar-refractivity contribution >= 4 is 17.8 Å². The van der Waals surface area contributed by atoms with E-state index in [-0.39, 0.29) is 18.0 Å². The van der Waals surface area contributed by atoms with Crippen LogP contribution in [0.15, 0.2) is 35.1 Å². The van der Waals surface area contributed by atoms with Crippen LogP contribution < -0.4 is 10.6 Å². The van der Waals surface area contributed by atoms with Gasteiger partial charge in [0, 0.05) is 12.1 Å². The number of carbonyl (C=O) groups is 3. The number of nitrogens with one attached hydrogen (secondary N) is 2. The van der Waals surface area contributed by atoms with E-state index in [1.54, 1.807) is 19.1 Å². The van der Waals surface area contributed by atoms with Crippen LogP contribution in [0.5, 0.6) is 0 Å². The summed E-state index contributed by atoms with van der Waals surface area (Å²) in [5, 5.41) is 12.2. The van der Waals surface area contributed by atoms with Gasteiger partial charge in [0.2, 0.25) is 18.2 Å². The molecule has 0 bridgehead atoms. The summed E-state index contributed by atoms with van der Waals surface area (Å²) in [5.74, 6) is -1.19. The molecule has 0 saturated heterocycles. The third kappa shape index (κ3) is 4.90. The van der Waals surface area contributed by atoms with Gasteiger partial charge in [-0.2, -0.15) is 0 Å². The monoisotopic (exact) mass is 332 g/mol. The van der Waals surface area contributed by atoms with Crippen LogP contribution in [-0.4, -0.2) is 47.7 Å². The van der Waals surface area contributed by atoms with Crippen molar-refractivity contribution in [2.45, 2.75) is 6.92 Å². The molecule has 0 spiro atoms. The second-order valence-electron chi connectivity index (χ2n) is 4.63. The van der Waals surface area contributed by atoms with E-state index >= 15 is 0 Å². The van der Waals surface area contributed by atoms with Crippen LogP contribution in [0.4, 0.5) is 0 Å². The lowest BCUT2D eigenvalue weighted by Crippen LogP contribution is -2.38. The van der Waals surface area contributed by atoms with E-state index in [1.807, 2.05) is 0 Å². The third-order valence-corrected chi connectivity index (χ3v) is 2.88. The summed E-state index contributed by atoms with van der Waals surface area (Å²) in [7, 11) is 0. The summed E-state index contributed by atoms with van der Waals surface area (Å²) in [6.45, 7) is 1.61. The highest BCUT2D eigenvalue weighted by atomic mass is 16.5. The maximum absolute atomic E-state index is 11.9.